The Morgan fingerprint density at radius 2 is 2.19 bits per heavy atom. The molecule has 0 aliphatic rings. The van der Waals surface area contributed by atoms with Crippen LogP contribution in [0.15, 0.2) is 42.0 Å². The van der Waals surface area contributed by atoms with Crippen molar-refractivity contribution in [1.82, 2.24) is 5.01 Å². The third-order valence-corrected chi connectivity index (χ3v) is 2.43. The summed E-state index contributed by atoms with van der Waals surface area (Å²) in [7, 11) is 1.94. The monoisotopic (exact) mass is 217 g/mol. The molecule has 0 saturated carbocycles. The molecule has 3 nitrogen and oxygen atoms in total. The second kappa shape index (κ2) is 5.95. The van der Waals surface area contributed by atoms with E-state index < -0.39 is 0 Å². The molecule has 0 amide bonds. The molecule has 0 radical (unpaired) electrons. The molecule has 1 aromatic rings. The van der Waals surface area contributed by atoms with Crippen LogP contribution in [0.4, 0.5) is 5.69 Å². The van der Waals surface area contributed by atoms with Crippen LogP contribution in [0.25, 0.3) is 0 Å². The highest BCUT2D eigenvalue weighted by molar-refractivity contribution is 5.69. The second-order valence-electron chi connectivity index (χ2n) is 3.87. The van der Waals surface area contributed by atoms with Gasteiger partial charge in [0.15, 0.2) is 0 Å². The maximum atomic E-state index is 5.92. The van der Waals surface area contributed by atoms with Crippen molar-refractivity contribution in [2.75, 3.05) is 19.3 Å². The zero-order valence-electron chi connectivity index (χ0n) is 9.93. The van der Waals surface area contributed by atoms with Crippen LogP contribution in [0.5, 0.6) is 0 Å². The molecule has 86 valence electrons. The van der Waals surface area contributed by atoms with E-state index in [0.717, 1.165) is 12.2 Å². The lowest BCUT2D eigenvalue weighted by Crippen LogP contribution is -2.18. The minimum Gasteiger partial charge on any atom is -0.398 e. The first-order valence-electron chi connectivity index (χ1n) is 5.35. The Kier molecular flexibility index (Phi) is 4.58. The van der Waals surface area contributed by atoms with Crippen LogP contribution in [-0.2, 0) is 0 Å². The topological polar surface area (TPSA) is 41.6 Å². The number of para-hydroxylation sites is 1. The van der Waals surface area contributed by atoms with Crippen LogP contribution in [-0.4, -0.2) is 24.8 Å². The van der Waals surface area contributed by atoms with E-state index in [0.29, 0.717) is 5.92 Å². The van der Waals surface area contributed by atoms with E-state index in [1.165, 1.54) is 5.56 Å². The molecule has 0 bridgehead atoms. The van der Waals surface area contributed by atoms with Gasteiger partial charge in [0.2, 0.25) is 0 Å². The number of benzene rings is 1. The van der Waals surface area contributed by atoms with E-state index in [4.69, 9.17) is 5.73 Å². The van der Waals surface area contributed by atoms with E-state index in [1.54, 1.807) is 12.3 Å². The zero-order valence-corrected chi connectivity index (χ0v) is 9.93. The maximum Gasteiger partial charge on any atom is 0.0464 e. The number of likely N-dealkylation sites (N-methyl/N-ethyl adjacent to an activating group) is 1. The standard InChI is InChI=1S/C13H19N3/c1-4-9-15-16(3)10-11(2)12-7-5-6-8-13(12)14/h4-9,11H,1,10,14H2,2-3H3/b15-9-. The Bertz CT molecular complexity index is 371. The molecule has 1 aromatic carbocycles. The molecule has 2 N–H and O–H groups in total. The van der Waals surface area contributed by atoms with Crippen LogP contribution >= 0.6 is 0 Å². The number of hydrogen-bond acceptors (Lipinski definition) is 3. The Labute approximate surface area is 97.3 Å². The summed E-state index contributed by atoms with van der Waals surface area (Å²) >= 11 is 0. The van der Waals surface area contributed by atoms with Crippen molar-refractivity contribution < 1.29 is 0 Å². The molecule has 3 heteroatoms. The Hall–Kier alpha value is -1.77. The van der Waals surface area contributed by atoms with Gasteiger partial charge in [-0.25, -0.2) is 0 Å². The van der Waals surface area contributed by atoms with E-state index in [2.05, 4.69) is 24.7 Å². The molecule has 0 aromatic heterocycles. The van der Waals surface area contributed by atoms with Gasteiger partial charge in [-0.3, -0.25) is 5.01 Å². The maximum absolute atomic E-state index is 5.92. The first-order valence-corrected chi connectivity index (χ1v) is 5.35. The quantitative estimate of drug-likeness (QED) is 0.467. The zero-order chi connectivity index (χ0) is 12.0. The van der Waals surface area contributed by atoms with E-state index in [-0.39, 0.29) is 0 Å². The lowest BCUT2D eigenvalue weighted by molar-refractivity contribution is 0.336. The SMILES string of the molecule is C=C/C=N\N(C)CC(C)c1ccccc1N. The number of anilines is 1. The predicted octanol–water partition coefficient (Wildman–Crippen LogP) is 2.48. The van der Waals surface area contributed by atoms with Crippen molar-refractivity contribution in [3.8, 4) is 0 Å². The minimum absolute atomic E-state index is 0.355. The third kappa shape index (κ3) is 3.42. The molecule has 1 rings (SSSR count). The highest BCUT2D eigenvalue weighted by atomic mass is 15.4. The molecule has 0 spiro atoms. The number of hydrogen-bond donors (Lipinski definition) is 1. The van der Waals surface area contributed by atoms with Crippen molar-refractivity contribution in [2.45, 2.75) is 12.8 Å². The molecule has 1 atom stereocenters. The van der Waals surface area contributed by atoms with Gasteiger partial charge in [0, 0.05) is 31.4 Å². The fourth-order valence-electron chi connectivity index (χ4n) is 1.66. The predicted molar refractivity (Wildman–Crippen MR) is 70.6 cm³/mol. The summed E-state index contributed by atoms with van der Waals surface area (Å²) < 4.78 is 0. The number of nitrogen functional groups attached to an aromatic ring is 1. The molecule has 16 heavy (non-hydrogen) atoms. The summed E-state index contributed by atoms with van der Waals surface area (Å²) in [5.41, 5.74) is 7.94. The largest absolute Gasteiger partial charge is 0.398 e. The van der Waals surface area contributed by atoms with Gasteiger partial charge in [0.1, 0.15) is 0 Å². The molecular formula is C13H19N3. The molecule has 1 unspecified atom stereocenters. The van der Waals surface area contributed by atoms with Gasteiger partial charge >= 0.3 is 0 Å². The molecule has 0 aliphatic carbocycles. The van der Waals surface area contributed by atoms with Crippen LogP contribution in [0, 0.1) is 0 Å². The summed E-state index contributed by atoms with van der Waals surface area (Å²) in [6.07, 6.45) is 3.35. The van der Waals surface area contributed by atoms with Crippen molar-refractivity contribution in [3.05, 3.63) is 42.5 Å². The van der Waals surface area contributed by atoms with Crippen molar-refractivity contribution in [3.63, 3.8) is 0 Å². The van der Waals surface area contributed by atoms with Crippen LogP contribution in [0.1, 0.15) is 18.4 Å². The van der Waals surface area contributed by atoms with E-state index >= 15 is 0 Å². The fourth-order valence-corrected chi connectivity index (χ4v) is 1.66. The van der Waals surface area contributed by atoms with E-state index in [1.807, 2.05) is 30.3 Å². The third-order valence-electron chi connectivity index (χ3n) is 2.43. The highest BCUT2D eigenvalue weighted by Gasteiger charge is 2.09. The molecule has 0 fully saturated rings. The molecular weight excluding hydrogens is 198 g/mol. The number of nitrogens with two attached hydrogens (primary N) is 1. The van der Waals surface area contributed by atoms with Crippen LogP contribution in [0.2, 0.25) is 0 Å². The first kappa shape index (κ1) is 12.3. The van der Waals surface area contributed by atoms with Gasteiger partial charge < -0.3 is 5.73 Å². The summed E-state index contributed by atoms with van der Waals surface area (Å²) in [6, 6.07) is 7.95. The fraction of sp³-hybridized carbons (Fsp3) is 0.308. The number of nitrogens with zero attached hydrogens (tertiary/aromatic N) is 2. The Balaban J connectivity index is 2.65. The van der Waals surface area contributed by atoms with Gasteiger partial charge in [-0.2, -0.15) is 5.10 Å². The average Bonchev–Trinajstić information content (AvgIpc) is 2.26. The summed E-state index contributed by atoms with van der Waals surface area (Å²) in [6.45, 7) is 6.56. The van der Waals surface area contributed by atoms with Gasteiger partial charge in [0.05, 0.1) is 0 Å². The second-order valence-corrected chi connectivity index (χ2v) is 3.87. The smallest absolute Gasteiger partial charge is 0.0464 e. The molecule has 0 heterocycles. The number of allylic oxidation sites excluding steroid dienone is 1. The molecule has 0 aliphatic heterocycles. The van der Waals surface area contributed by atoms with Gasteiger partial charge in [-0.1, -0.05) is 31.7 Å². The minimum atomic E-state index is 0.355. The van der Waals surface area contributed by atoms with Gasteiger partial charge in [-0.15, -0.1) is 0 Å². The highest BCUT2D eigenvalue weighted by Crippen LogP contribution is 2.22. The summed E-state index contributed by atoms with van der Waals surface area (Å²) in [5, 5.41) is 6.07. The average molecular weight is 217 g/mol. The van der Waals surface area contributed by atoms with Crippen molar-refractivity contribution >= 4 is 11.9 Å². The van der Waals surface area contributed by atoms with Gasteiger partial charge in [0.25, 0.3) is 0 Å². The normalized spacial score (nSPS) is 12.6. The first-order chi connectivity index (χ1) is 7.65. The summed E-state index contributed by atoms with van der Waals surface area (Å²) in [4.78, 5) is 0. The van der Waals surface area contributed by atoms with Crippen molar-refractivity contribution in [2.24, 2.45) is 5.10 Å². The van der Waals surface area contributed by atoms with E-state index in [9.17, 15) is 0 Å². The summed E-state index contributed by atoms with van der Waals surface area (Å²) in [5.74, 6) is 0.355. The lowest BCUT2D eigenvalue weighted by Gasteiger charge is -2.19. The van der Waals surface area contributed by atoms with Crippen LogP contribution < -0.4 is 5.73 Å². The van der Waals surface area contributed by atoms with Crippen LogP contribution in [0.3, 0.4) is 0 Å². The number of hydrazone groups is 1. The van der Waals surface area contributed by atoms with Crippen molar-refractivity contribution in [1.29, 1.82) is 0 Å². The Morgan fingerprint density at radius 3 is 2.81 bits per heavy atom. The number of rotatable bonds is 5. The molecule has 0 saturated heterocycles. The van der Waals surface area contributed by atoms with Gasteiger partial charge in [-0.05, 0) is 17.7 Å². The lowest BCUT2D eigenvalue weighted by atomic mass is 9.99. The Morgan fingerprint density at radius 1 is 1.50 bits per heavy atom.